The van der Waals surface area contributed by atoms with Gasteiger partial charge in [0.05, 0.1) is 12.5 Å². The van der Waals surface area contributed by atoms with Crippen LogP contribution in [-0.2, 0) is 16.0 Å². The van der Waals surface area contributed by atoms with Crippen molar-refractivity contribution >= 4 is 16.8 Å². The first-order chi connectivity index (χ1) is 11.6. The van der Waals surface area contributed by atoms with Crippen LogP contribution in [0.3, 0.4) is 0 Å². The summed E-state index contributed by atoms with van der Waals surface area (Å²) in [5.74, 6) is 0.0330. The normalized spacial score (nSPS) is 25.6. The van der Waals surface area contributed by atoms with Gasteiger partial charge >= 0.3 is 0 Å². The molecule has 2 aromatic rings. The molecule has 0 radical (unpaired) electrons. The minimum absolute atomic E-state index is 0.0330. The van der Waals surface area contributed by atoms with Gasteiger partial charge in [-0.15, -0.1) is 0 Å². The molecule has 3 N–H and O–H groups in total. The SMILES string of the molecule is Cc1[nH]c2ccccc2c1CC(=O)N[C@@H]1C[C@@H](O)C12CCOCC2. The topological polar surface area (TPSA) is 74.4 Å². The first-order valence-corrected chi connectivity index (χ1v) is 8.71. The fourth-order valence-electron chi connectivity index (χ4n) is 4.37. The highest BCUT2D eigenvalue weighted by Gasteiger charge is 2.55. The molecule has 2 aliphatic rings. The monoisotopic (exact) mass is 328 g/mol. The molecule has 0 unspecified atom stereocenters. The number of carbonyl (C=O) groups is 1. The molecule has 1 amide bonds. The lowest BCUT2D eigenvalue weighted by Gasteiger charge is -2.55. The average molecular weight is 328 g/mol. The Labute approximate surface area is 141 Å². The fraction of sp³-hybridized carbons (Fsp3) is 0.526. The first kappa shape index (κ1) is 15.7. The lowest BCUT2D eigenvalue weighted by Crippen LogP contribution is -2.65. The maximum Gasteiger partial charge on any atom is 0.224 e. The number of amides is 1. The number of aromatic amines is 1. The number of aliphatic hydroxyl groups is 1. The number of aliphatic hydroxyl groups excluding tert-OH is 1. The molecule has 1 aliphatic carbocycles. The molecular formula is C19H24N2O3. The summed E-state index contributed by atoms with van der Waals surface area (Å²) in [6, 6.07) is 8.13. The van der Waals surface area contributed by atoms with E-state index in [1.807, 2.05) is 25.1 Å². The molecule has 24 heavy (non-hydrogen) atoms. The second-order valence-corrected chi connectivity index (χ2v) is 7.17. The molecule has 1 spiro atoms. The zero-order chi connectivity index (χ0) is 16.7. The third-order valence-electron chi connectivity index (χ3n) is 5.94. The van der Waals surface area contributed by atoms with Crippen LogP contribution in [0.1, 0.15) is 30.5 Å². The van der Waals surface area contributed by atoms with Crippen LogP contribution in [0.25, 0.3) is 10.9 Å². The smallest absolute Gasteiger partial charge is 0.224 e. The van der Waals surface area contributed by atoms with Crippen LogP contribution in [-0.4, -0.2) is 41.4 Å². The maximum atomic E-state index is 12.6. The molecule has 1 saturated heterocycles. The Morgan fingerprint density at radius 3 is 2.88 bits per heavy atom. The standard InChI is InChI=1S/C19H24N2O3/c1-12-14(13-4-2-3-5-15(13)20-12)10-18(23)21-16-11-17(22)19(16)6-8-24-9-7-19/h2-5,16-17,20,22H,6-11H2,1H3,(H,21,23)/t16-,17-/m1/s1. The van der Waals surface area contributed by atoms with Crippen LogP contribution in [0.4, 0.5) is 0 Å². The molecule has 5 nitrogen and oxygen atoms in total. The van der Waals surface area contributed by atoms with Crippen molar-refractivity contribution in [1.29, 1.82) is 0 Å². The Hall–Kier alpha value is -1.85. The Bertz CT molecular complexity index is 761. The van der Waals surface area contributed by atoms with E-state index in [0.29, 0.717) is 26.1 Å². The highest BCUT2D eigenvalue weighted by atomic mass is 16.5. The van der Waals surface area contributed by atoms with E-state index in [1.165, 1.54) is 0 Å². The number of hydrogen-bond donors (Lipinski definition) is 3. The summed E-state index contributed by atoms with van der Waals surface area (Å²) in [6.07, 6.45) is 2.35. The summed E-state index contributed by atoms with van der Waals surface area (Å²) in [4.78, 5) is 15.9. The largest absolute Gasteiger partial charge is 0.392 e. The van der Waals surface area contributed by atoms with Gasteiger partial charge in [0.1, 0.15) is 0 Å². The van der Waals surface area contributed by atoms with Crippen LogP contribution >= 0.6 is 0 Å². The number of benzene rings is 1. The first-order valence-electron chi connectivity index (χ1n) is 8.71. The summed E-state index contributed by atoms with van der Waals surface area (Å²) in [7, 11) is 0. The molecule has 1 aromatic carbocycles. The van der Waals surface area contributed by atoms with Gasteiger partial charge in [-0.3, -0.25) is 4.79 Å². The number of nitrogens with one attached hydrogen (secondary N) is 2. The maximum absolute atomic E-state index is 12.6. The van der Waals surface area contributed by atoms with Gasteiger partial charge in [-0.05, 0) is 37.8 Å². The van der Waals surface area contributed by atoms with E-state index < -0.39 is 0 Å². The number of hydrogen-bond acceptors (Lipinski definition) is 3. The molecule has 2 heterocycles. The summed E-state index contributed by atoms with van der Waals surface area (Å²) in [5, 5.41) is 14.5. The average Bonchev–Trinajstić information content (AvgIpc) is 2.91. The molecule has 0 bridgehead atoms. The van der Waals surface area contributed by atoms with Crippen LogP contribution in [0, 0.1) is 12.3 Å². The van der Waals surface area contributed by atoms with Crippen molar-refractivity contribution < 1.29 is 14.6 Å². The van der Waals surface area contributed by atoms with Crippen LogP contribution in [0.2, 0.25) is 0 Å². The molecule has 1 aliphatic heterocycles. The van der Waals surface area contributed by atoms with Crippen molar-refractivity contribution in [2.75, 3.05) is 13.2 Å². The van der Waals surface area contributed by atoms with Gasteiger partial charge in [-0.25, -0.2) is 0 Å². The van der Waals surface area contributed by atoms with E-state index in [-0.39, 0.29) is 23.5 Å². The van der Waals surface area contributed by atoms with Crippen molar-refractivity contribution in [2.24, 2.45) is 5.41 Å². The van der Waals surface area contributed by atoms with Crippen molar-refractivity contribution in [1.82, 2.24) is 10.3 Å². The summed E-state index contributed by atoms with van der Waals surface area (Å²) in [6.45, 7) is 3.35. The lowest BCUT2D eigenvalue weighted by atomic mass is 9.58. The van der Waals surface area contributed by atoms with E-state index in [0.717, 1.165) is 35.0 Å². The van der Waals surface area contributed by atoms with Gasteiger partial charge in [0.25, 0.3) is 0 Å². The quantitative estimate of drug-likeness (QED) is 0.807. The van der Waals surface area contributed by atoms with Crippen LogP contribution in [0.15, 0.2) is 24.3 Å². The number of aromatic nitrogens is 1. The zero-order valence-electron chi connectivity index (χ0n) is 14.0. The molecule has 1 aromatic heterocycles. The third-order valence-corrected chi connectivity index (χ3v) is 5.94. The van der Waals surface area contributed by atoms with Crippen molar-refractivity contribution in [3.05, 3.63) is 35.5 Å². The second kappa shape index (κ2) is 5.90. The van der Waals surface area contributed by atoms with Crippen molar-refractivity contribution in [3.63, 3.8) is 0 Å². The van der Waals surface area contributed by atoms with E-state index in [9.17, 15) is 9.90 Å². The van der Waals surface area contributed by atoms with Gasteiger partial charge in [0.15, 0.2) is 0 Å². The Morgan fingerprint density at radius 1 is 1.38 bits per heavy atom. The van der Waals surface area contributed by atoms with E-state index in [1.54, 1.807) is 0 Å². The summed E-state index contributed by atoms with van der Waals surface area (Å²) < 4.78 is 5.42. The number of ether oxygens (including phenoxy) is 1. The minimum atomic E-state index is -0.318. The molecule has 2 fully saturated rings. The van der Waals surface area contributed by atoms with Crippen molar-refractivity contribution in [3.8, 4) is 0 Å². The summed E-state index contributed by atoms with van der Waals surface area (Å²) in [5.41, 5.74) is 2.99. The Kier molecular flexibility index (Phi) is 3.85. The predicted octanol–water partition coefficient (Wildman–Crippen LogP) is 2.07. The molecule has 2 atom stereocenters. The van der Waals surface area contributed by atoms with E-state index in [2.05, 4.69) is 16.4 Å². The van der Waals surface area contributed by atoms with Crippen LogP contribution < -0.4 is 5.32 Å². The molecule has 1 saturated carbocycles. The lowest BCUT2D eigenvalue weighted by molar-refractivity contribution is -0.155. The number of aryl methyl sites for hydroxylation is 1. The molecule has 128 valence electrons. The Balaban J connectivity index is 1.48. The van der Waals surface area contributed by atoms with Crippen LogP contribution in [0.5, 0.6) is 0 Å². The Morgan fingerprint density at radius 2 is 2.12 bits per heavy atom. The zero-order valence-corrected chi connectivity index (χ0v) is 14.0. The van der Waals surface area contributed by atoms with Crippen molar-refractivity contribution in [2.45, 2.75) is 44.8 Å². The second-order valence-electron chi connectivity index (χ2n) is 7.17. The molecule has 4 rings (SSSR count). The number of rotatable bonds is 3. The molecule has 5 heteroatoms. The number of carbonyl (C=O) groups excluding carboxylic acids is 1. The highest BCUT2D eigenvalue weighted by Crippen LogP contribution is 2.48. The molecular weight excluding hydrogens is 304 g/mol. The van der Waals surface area contributed by atoms with E-state index in [4.69, 9.17) is 4.74 Å². The van der Waals surface area contributed by atoms with Gasteiger partial charge in [0, 0.05) is 41.3 Å². The van der Waals surface area contributed by atoms with Gasteiger partial charge in [-0.1, -0.05) is 18.2 Å². The van der Waals surface area contributed by atoms with Gasteiger partial charge < -0.3 is 20.1 Å². The highest BCUT2D eigenvalue weighted by molar-refractivity contribution is 5.90. The number of para-hydroxylation sites is 1. The van der Waals surface area contributed by atoms with Gasteiger partial charge in [0.2, 0.25) is 5.91 Å². The fourth-order valence-corrected chi connectivity index (χ4v) is 4.37. The summed E-state index contributed by atoms with van der Waals surface area (Å²) >= 11 is 0. The van der Waals surface area contributed by atoms with E-state index >= 15 is 0 Å². The third kappa shape index (κ3) is 2.43. The predicted molar refractivity (Wildman–Crippen MR) is 91.8 cm³/mol. The number of fused-ring (bicyclic) bond motifs is 1. The number of H-pyrrole nitrogens is 1. The minimum Gasteiger partial charge on any atom is -0.392 e. The van der Waals surface area contributed by atoms with Gasteiger partial charge in [-0.2, -0.15) is 0 Å².